The molecule has 0 spiro atoms. The number of fused-ring (bicyclic) bond motifs is 2. The first-order valence-electron chi connectivity index (χ1n) is 15.4. The molecule has 4 heterocycles. The fourth-order valence-electron chi connectivity index (χ4n) is 5.45. The molecule has 2 saturated heterocycles. The van der Waals surface area contributed by atoms with Gasteiger partial charge in [-0.05, 0) is 82.6 Å². The molecule has 4 aromatic rings. The van der Waals surface area contributed by atoms with Crippen LogP contribution in [0.2, 0.25) is 0 Å². The van der Waals surface area contributed by atoms with E-state index in [-0.39, 0.29) is 18.2 Å². The minimum absolute atomic E-state index is 0.0945. The molecular formula is C34H44N2O5S2. The molecule has 43 heavy (non-hydrogen) atoms. The summed E-state index contributed by atoms with van der Waals surface area (Å²) in [6.45, 7) is 10.1. The van der Waals surface area contributed by atoms with Crippen LogP contribution in [0.15, 0.2) is 59.3 Å². The van der Waals surface area contributed by atoms with E-state index in [1.807, 2.05) is 0 Å². The monoisotopic (exact) mass is 624 g/mol. The average molecular weight is 625 g/mol. The Balaban J connectivity index is 0.000000173. The quantitative estimate of drug-likeness (QED) is 0.136. The number of nitrogens with zero attached hydrogens (tertiary/aromatic N) is 2. The molecule has 0 atom stereocenters. The Morgan fingerprint density at radius 1 is 0.767 bits per heavy atom. The highest BCUT2D eigenvalue weighted by atomic mass is 32.1. The molecule has 232 valence electrons. The summed E-state index contributed by atoms with van der Waals surface area (Å²) in [6.07, 6.45) is 4.02. The van der Waals surface area contributed by atoms with Crippen LogP contribution in [0.3, 0.4) is 0 Å². The summed E-state index contributed by atoms with van der Waals surface area (Å²) in [5.74, 6) is -0.182. The lowest BCUT2D eigenvalue weighted by molar-refractivity contribution is -0.154. The standard InChI is InChI=1S/C18H23NO3S.C16H21NO2S/c1-14(20)22-17-12-19(13-17)7-2-8-21-9-5-15-3-4-18-16(11-15)6-10-23-18;18-15-11-17(12-15)6-1-7-19-8-4-13-2-3-16-14(10-13)5-9-20-16/h3-4,6,10-11,17H,2,5,7-9,12-13H2,1H3;2-3,5,9-10,15,18H,1,4,6-8,11-12H2. The second-order valence-corrected chi connectivity index (χ2v) is 13.3. The number of ether oxygens (including phenoxy) is 3. The van der Waals surface area contributed by atoms with Crippen molar-refractivity contribution in [3.8, 4) is 0 Å². The molecule has 0 bridgehead atoms. The second kappa shape index (κ2) is 16.6. The van der Waals surface area contributed by atoms with E-state index in [4.69, 9.17) is 14.2 Å². The number of aliphatic hydroxyl groups excluding tert-OH is 1. The van der Waals surface area contributed by atoms with Gasteiger partial charge in [-0.2, -0.15) is 0 Å². The third-order valence-electron chi connectivity index (χ3n) is 7.82. The normalized spacial score (nSPS) is 16.1. The van der Waals surface area contributed by atoms with Gasteiger partial charge in [0, 0.05) is 68.8 Å². The molecule has 1 N–H and O–H groups in total. The van der Waals surface area contributed by atoms with Crippen LogP contribution in [0.25, 0.3) is 20.2 Å². The Hall–Kier alpha value is -2.37. The topological polar surface area (TPSA) is 71.5 Å². The highest BCUT2D eigenvalue weighted by Crippen LogP contribution is 2.23. The molecule has 2 aliphatic heterocycles. The van der Waals surface area contributed by atoms with E-state index in [1.165, 1.54) is 38.2 Å². The second-order valence-electron chi connectivity index (χ2n) is 11.4. The molecule has 0 aliphatic carbocycles. The first-order chi connectivity index (χ1) is 21.0. The van der Waals surface area contributed by atoms with E-state index in [2.05, 4.69) is 69.1 Å². The van der Waals surface area contributed by atoms with Gasteiger partial charge in [0.15, 0.2) is 0 Å². The Morgan fingerprint density at radius 2 is 1.28 bits per heavy atom. The number of aliphatic hydroxyl groups is 1. The Morgan fingerprint density at radius 3 is 1.77 bits per heavy atom. The van der Waals surface area contributed by atoms with Crippen molar-refractivity contribution in [3.63, 3.8) is 0 Å². The number of hydrogen-bond acceptors (Lipinski definition) is 9. The molecule has 0 unspecified atom stereocenters. The maximum absolute atomic E-state index is 10.8. The van der Waals surface area contributed by atoms with Crippen molar-refractivity contribution in [1.29, 1.82) is 0 Å². The molecule has 0 amide bonds. The van der Waals surface area contributed by atoms with Gasteiger partial charge in [0.1, 0.15) is 6.10 Å². The van der Waals surface area contributed by atoms with Crippen molar-refractivity contribution < 1.29 is 24.1 Å². The highest BCUT2D eigenvalue weighted by Gasteiger charge is 2.28. The van der Waals surface area contributed by atoms with Gasteiger partial charge >= 0.3 is 5.97 Å². The molecule has 2 aliphatic rings. The van der Waals surface area contributed by atoms with Gasteiger partial charge < -0.3 is 19.3 Å². The Labute approximate surface area is 263 Å². The van der Waals surface area contributed by atoms with Gasteiger partial charge in [-0.1, -0.05) is 24.3 Å². The number of benzene rings is 2. The summed E-state index contributed by atoms with van der Waals surface area (Å²) in [5.41, 5.74) is 2.68. The SMILES string of the molecule is CC(=O)OC1CN(CCCOCCc2ccc3sccc3c2)C1.OC1CN(CCCOCCc2ccc3sccc3c2)C1. The summed E-state index contributed by atoms with van der Waals surface area (Å²) in [4.78, 5) is 15.4. The predicted octanol–water partition coefficient (Wildman–Crippen LogP) is 5.62. The maximum atomic E-state index is 10.8. The van der Waals surface area contributed by atoms with E-state index in [9.17, 15) is 9.90 Å². The van der Waals surface area contributed by atoms with Crippen LogP contribution in [-0.2, 0) is 31.8 Å². The summed E-state index contributed by atoms with van der Waals surface area (Å²) < 4.78 is 19.2. The van der Waals surface area contributed by atoms with Crippen LogP contribution < -0.4 is 0 Å². The predicted molar refractivity (Wildman–Crippen MR) is 176 cm³/mol. The van der Waals surface area contributed by atoms with Gasteiger partial charge in [-0.25, -0.2) is 0 Å². The van der Waals surface area contributed by atoms with Crippen LogP contribution in [0, 0.1) is 0 Å². The van der Waals surface area contributed by atoms with E-state index >= 15 is 0 Å². The lowest BCUT2D eigenvalue weighted by atomic mass is 10.1. The van der Waals surface area contributed by atoms with Gasteiger partial charge in [-0.15, -0.1) is 22.7 Å². The maximum Gasteiger partial charge on any atom is 0.302 e. The first-order valence-corrected chi connectivity index (χ1v) is 17.2. The molecule has 7 nitrogen and oxygen atoms in total. The largest absolute Gasteiger partial charge is 0.460 e. The number of esters is 1. The van der Waals surface area contributed by atoms with Crippen molar-refractivity contribution in [1.82, 2.24) is 9.80 Å². The van der Waals surface area contributed by atoms with Gasteiger partial charge in [0.05, 0.1) is 19.3 Å². The zero-order valence-corrected chi connectivity index (χ0v) is 26.8. The Bertz CT molecular complexity index is 1410. The van der Waals surface area contributed by atoms with E-state index in [0.717, 1.165) is 91.4 Å². The number of thiophene rings is 2. The summed E-state index contributed by atoms with van der Waals surface area (Å²) in [6, 6.07) is 17.6. The summed E-state index contributed by atoms with van der Waals surface area (Å²) >= 11 is 3.57. The molecule has 9 heteroatoms. The van der Waals surface area contributed by atoms with Crippen molar-refractivity contribution in [2.45, 2.75) is 44.8 Å². The van der Waals surface area contributed by atoms with Gasteiger partial charge in [0.2, 0.25) is 0 Å². The summed E-state index contributed by atoms with van der Waals surface area (Å²) in [5, 5.41) is 16.1. The third kappa shape index (κ3) is 10.4. The smallest absolute Gasteiger partial charge is 0.302 e. The molecule has 0 radical (unpaired) electrons. The average Bonchev–Trinajstić information content (AvgIpc) is 3.63. The number of carbonyl (C=O) groups excluding carboxylic acids is 1. The highest BCUT2D eigenvalue weighted by molar-refractivity contribution is 7.17. The van der Waals surface area contributed by atoms with E-state index in [1.54, 1.807) is 22.7 Å². The number of rotatable bonds is 15. The molecule has 0 saturated carbocycles. The van der Waals surface area contributed by atoms with Crippen molar-refractivity contribution >= 4 is 48.8 Å². The van der Waals surface area contributed by atoms with Gasteiger partial charge in [0.25, 0.3) is 0 Å². The number of carbonyl (C=O) groups is 1. The van der Waals surface area contributed by atoms with Crippen LogP contribution >= 0.6 is 22.7 Å². The van der Waals surface area contributed by atoms with Crippen LogP contribution in [0.5, 0.6) is 0 Å². The van der Waals surface area contributed by atoms with E-state index < -0.39 is 0 Å². The molecule has 2 aromatic carbocycles. The fourth-order valence-corrected chi connectivity index (χ4v) is 6.99. The number of hydrogen-bond donors (Lipinski definition) is 1. The molecule has 6 rings (SSSR count). The van der Waals surface area contributed by atoms with Crippen LogP contribution in [0.4, 0.5) is 0 Å². The zero-order valence-electron chi connectivity index (χ0n) is 25.1. The first kappa shape index (κ1) is 32.0. The molecule has 2 aromatic heterocycles. The van der Waals surface area contributed by atoms with Crippen LogP contribution in [0.1, 0.15) is 30.9 Å². The molecule has 2 fully saturated rings. The minimum atomic E-state index is -0.182. The molecular weight excluding hydrogens is 581 g/mol. The fraction of sp³-hybridized carbons (Fsp3) is 0.500. The third-order valence-corrected chi connectivity index (χ3v) is 9.62. The van der Waals surface area contributed by atoms with Gasteiger partial charge in [-0.3, -0.25) is 14.6 Å². The number of β-amino-alcohol motifs (C(OH)–C–C–N with tert-alkyl or cyclic N) is 1. The lowest BCUT2D eigenvalue weighted by Gasteiger charge is -2.38. The van der Waals surface area contributed by atoms with Crippen molar-refractivity contribution in [3.05, 3.63) is 70.4 Å². The minimum Gasteiger partial charge on any atom is -0.460 e. The summed E-state index contributed by atoms with van der Waals surface area (Å²) in [7, 11) is 0. The lowest BCUT2D eigenvalue weighted by Crippen LogP contribution is -2.52. The number of likely N-dealkylation sites (tertiary alicyclic amines) is 2. The zero-order chi connectivity index (χ0) is 29.9. The van der Waals surface area contributed by atoms with Crippen molar-refractivity contribution in [2.75, 3.05) is 65.7 Å². The van der Waals surface area contributed by atoms with Crippen molar-refractivity contribution in [2.24, 2.45) is 0 Å². The Kier molecular flexibility index (Phi) is 12.4. The van der Waals surface area contributed by atoms with E-state index in [0.29, 0.717) is 0 Å². The van der Waals surface area contributed by atoms with Crippen LogP contribution in [-0.4, -0.2) is 98.8 Å².